The topological polar surface area (TPSA) is 75.2 Å². The van der Waals surface area contributed by atoms with Crippen LogP contribution in [0.3, 0.4) is 0 Å². The Bertz CT molecular complexity index is 750. The van der Waals surface area contributed by atoms with Crippen LogP contribution in [0.25, 0.3) is 0 Å². The van der Waals surface area contributed by atoms with Crippen LogP contribution in [0.15, 0.2) is 34.7 Å². The second-order valence-electron chi connectivity index (χ2n) is 5.94. The number of aromatic nitrogens is 2. The van der Waals surface area contributed by atoms with Gasteiger partial charge in [0.25, 0.3) is 0 Å². The molecule has 25 heavy (non-hydrogen) atoms. The highest BCUT2D eigenvalue weighted by Crippen LogP contribution is 2.31. The SMILES string of the molecule is CC[C@H](C)Sc1nnc(NC(=O)[C@@H]2CC(=O)N(c3ccccc3)C2)s1. The summed E-state index contributed by atoms with van der Waals surface area (Å²) in [6, 6.07) is 9.42. The number of benzene rings is 1. The number of rotatable bonds is 6. The molecule has 0 spiro atoms. The highest BCUT2D eigenvalue weighted by Gasteiger charge is 2.35. The molecule has 2 amide bonds. The smallest absolute Gasteiger partial charge is 0.231 e. The zero-order valence-electron chi connectivity index (χ0n) is 14.1. The van der Waals surface area contributed by atoms with E-state index in [2.05, 4.69) is 29.4 Å². The van der Waals surface area contributed by atoms with E-state index in [0.717, 1.165) is 16.4 Å². The Morgan fingerprint density at radius 2 is 2.16 bits per heavy atom. The lowest BCUT2D eigenvalue weighted by Crippen LogP contribution is -2.28. The van der Waals surface area contributed by atoms with E-state index in [0.29, 0.717) is 16.9 Å². The quantitative estimate of drug-likeness (QED) is 0.618. The van der Waals surface area contributed by atoms with E-state index in [4.69, 9.17) is 0 Å². The van der Waals surface area contributed by atoms with Gasteiger partial charge in [-0.05, 0) is 18.6 Å². The molecule has 8 heteroatoms. The number of nitrogens with one attached hydrogen (secondary N) is 1. The summed E-state index contributed by atoms with van der Waals surface area (Å²) in [6.07, 6.45) is 1.26. The zero-order valence-corrected chi connectivity index (χ0v) is 15.8. The first-order chi connectivity index (χ1) is 12.1. The van der Waals surface area contributed by atoms with Crippen molar-refractivity contribution < 1.29 is 9.59 Å². The number of carbonyl (C=O) groups is 2. The van der Waals surface area contributed by atoms with E-state index in [-0.39, 0.29) is 24.2 Å². The van der Waals surface area contributed by atoms with Crippen LogP contribution >= 0.6 is 23.1 Å². The predicted molar refractivity (Wildman–Crippen MR) is 101 cm³/mol. The first-order valence-corrected chi connectivity index (χ1v) is 9.93. The monoisotopic (exact) mass is 376 g/mol. The molecule has 2 aromatic rings. The standard InChI is InChI=1S/C17H20N4O2S2/c1-3-11(2)24-17-20-19-16(25-17)18-15(23)12-9-14(22)21(10-12)13-7-5-4-6-8-13/h4-8,11-12H,3,9-10H2,1-2H3,(H,18,19,23)/t11-,12+/m0/s1. The zero-order chi connectivity index (χ0) is 17.8. The normalized spacial score (nSPS) is 18.4. The molecule has 1 aromatic heterocycles. The van der Waals surface area contributed by atoms with Gasteiger partial charge in [-0.2, -0.15) is 0 Å². The molecule has 1 aliphatic heterocycles. The highest BCUT2D eigenvalue weighted by atomic mass is 32.2. The first-order valence-electron chi connectivity index (χ1n) is 8.23. The van der Waals surface area contributed by atoms with Gasteiger partial charge in [0.2, 0.25) is 16.9 Å². The van der Waals surface area contributed by atoms with Crippen LogP contribution in [0.1, 0.15) is 26.7 Å². The van der Waals surface area contributed by atoms with Gasteiger partial charge in [-0.3, -0.25) is 9.59 Å². The molecule has 1 aliphatic rings. The summed E-state index contributed by atoms with van der Waals surface area (Å²) in [7, 11) is 0. The van der Waals surface area contributed by atoms with Gasteiger partial charge in [0, 0.05) is 23.9 Å². The Morgan fingerprint density at radius 1 is 1.40 bits per heavy atom. The van der Waals surface area contributed by atoms with Gasteiger partial charge in [-0.25, -0.2) is 0 Å². The van der Waals surface area contributed by atoms with Gasteiger partial charge in [-0.1, -0.05) is 55.1 Å². The van der Waals surface area contributed by atoms with Gasteiger partial charge >= 0.3 is 0 Å². The van der Waals surface area contributed by atoms with Crippen molar-refractivity contribution in [2.45, 2.75) is 36.3 Å². The maximum atomic E-state index is 12.5. The Morgan fingerprint density at radius 3 is 2.88 bits per heavy atom. The highest BCUT2D eigenvalue weighted by molar-refractivity contribution is 8.01. The van der Waals surface area contributed by atoms with Crippen LogP contribution in [-0.4, -0.2) is 33.8 Å². The average Bonchev–Trinajstić information content (AvgIpc) is 3.22. The third-order valence-corrected chi connectivity index (χ3v) is 6.27. The van der Waals surface area contributed by atoms with Crippen LogP contribution in [0, 0.1) is 5.92 Å². The Labute approximate surface area is 155 Å². The third-order valence-electron chi connectivity index (χ3n) is 4.08. The maximum Gasteiger partial charge on any atom is 0.231 e. The number of thioether (sulfide) groups is 1. The number of para-hydroxylation sites is 1. The molecular formula is C17H20N4O2S2. The predicted octanol–water partition coefficient (Wildman–Crippen LogP) is 3.42. The van der Waals surface area contributed by atoms with Crippen LogP contribution < -0.4 is 10.2 Å². The van der Waals surface area contributed by atoms with Crippen molar-refractivity contribution >= 4 is 45.7 Å². The summed E-state index contributed by atoms with van der Waals surface area (Å²) in [5, 5.41) is 11.9. The van der Waals surface area contributed by atoms with Crippen molar-refractivity contribution in [3.8, 4) is 0 Å². The molecule has 2 heterocycles. The number of hydrogen-bond acceptors (Lipinski definition) is 6. The number of hydrogen-bond donors (Lipinski definition) is 1. The second kappa shape index (κ2) is 7.97. The van der Waals surface area contributed by atoms with E-state index in [1.165, 1.54) is 11.3 Å². The fourth-order valence-corrected chi connectivity index (χ4v) is 4.51. The van der Waals surface area contributed by atoms with Crippen molar-refractivity contribution in [2.75, 3.05) is 16.8 Å². The van der Waals surface area contributed by atoms with Crippen LogP contribution in [0.4, 0.5) is 10.8 Å². The van der Waals surface area contributed by atoms with Gasteiger partial charge < -0.3 is 10.2 Å². The minimum Gasteiger partial charge on any atom is -0.312 e. The molecule has 0 saturated carbocycles. The molecular weight excluding hydrogens is 356 g/mol. The van der Waals surface area contributed by atoms with Crippen molar-refractivity contribution in [1.29, 1.82) is 0 Å². The van der Waals surface area contributed by atoms with Crippen molar-refractivity contribution in [2.24, 2.45) is 5.92 Å². The molecule has 2 atom stereocenters. The second-order valence-corrected chi connectivity index (χ2v) is 8.60. The van der Waals surface area contributed by atoms with Crippen LogP contribution in [0.2, 0.25) is 0 Å². The number of carbonyl (C=O) groups excluding carboxylic acids is 2. The van der Waals surface area contributed by atoms with Gasteiger partial charge in [0.15, 0.2) is 4.34 Å². The lowest BCUT2D eigenvalue weighted by atomic mass is 10.1. The number of anilines is 2. The minimum atomic E-state index is -0.373. The maximum absolute atomic E-state index is 12.5. The minimum absolute atomic E-state index is 0.0309. The molecule has 1 fully saturated rings. The summed E-state index contributed by atoms with van der Waals surface area (Å²) < 4.78 is 0.845. The molecule has 3 rings (SSSR count). The Balaban J connectivity index is 1.60. The molecule has 1 saturated heterocycles. The largest absolute Gasteiger partial charge is 0.312 e. The fraction of sp³-hybridized carbons (Fsp3) is 0.412. The van der Waals surface area contributed by atoms with Crippen molar-refractivity contribution in [3.05, 3.63) is 30.3 Å². The molecule has 0 bridgehead atoms. The number of amides is 2. The Hall–Kier alpha value is -1.93. The molecule has 0 aliphatic carbocycles. The van der Waals surface area contributed by atoms with Crippen LogP contribution in [-0.2, 0) is 9.59 Å². The van der Waals surface area contributed by atoms with E-state index in [1.54, 1.807) is 16.7 Å². The first kappa shape index (κ1) is 17.9. The molecule has 1 N–H and O–H groups in total. The van der Waals surface area contributed by atoms with E-state index < -0.39 is 0 Å². The summed E-state index contributed by atoms with van der Waals surface area (Å²) >= 11 is 3.02. The summed E-state index contributed by atoms with van der Waals surface area (Å²) in [6.45, 7) is 4.64. The third kappa shape index (κ3) is 4.38. The summed E-state index contributed by atoms with van der Waals surface area (Å²) in [5.41, 5.74) is 0.825. The number of nitrogens with zero attached hydrogens (tertiary/aromatic N) is 3. The van der Waals surface area contributed by atoms with E-state index in [1.807, 2.05) is 30.3 Å². The van der Waals surface area contributed by atoms with E-state index in [9.17, 15) is 9.59 Å². The summed E-state index contributed by atoms with van der Waals surface area (Å²) in [4.78, 5) is 26.3. The lowest BCUT2D eigenvalue weighted by Gasteiger charge is -2.16. The molecule has 6 nitrogen and oxygen atoms in total. The lowest BCUT2D eigenvalue weighted by molar-refractivity contribution is -0.122. The molecule has 0 unspecified atom stereocenters. The van der Waals surface area contributed by atoms with Gasteiger partial charge in [0.05, 0.1) is 5.92 Å². The molecule has 1 aromatic carbocycles. The van der Waals surface area contributed by atoms with Gasteiger partial charge in [-0.15, -0.1) is 10.2 Å². The van der Waals surface area contributed by atoms with Crippen molar-refractivity contribution in [1.82, 2.24) is 10.2 Å². The Kier molecular flexibility index (Phi) is 5.70. The van der Waals surface area contributed by atoms with Crippen molar-refractivity contribution in [3.63, 3.8) is 0 Å². The molecule has 0 radical (unpaired) electrons. The summed E-state index contributed by atoms with van der Waals surface area (Å²) in [5.74, 6) is -0.582. The molecule has 132 valence electrons. The van der Waals surface area contributed by atoms with E-state index >= 15 is 0 Å². The van der Waals surface area contributed by atoms with Gasteiger partial charge in [0.1, 0.15) is 0 Å². The fourth-order valence-electron chi connectivity index (χ4n) is 2.51. The van der Waals surface area contributed by atoms with Crippen LogP contribution in [0.5, 0.6) is 0 Å². The average molecular weight is 377 g/mol.